The first-order chi connectivity index (χ1) is 11.4. The summed E-state index contributed by atoms with van der Waals surface area (Å²) in [7, 11) is 0. The molecule has 1 aliphatic rings. The second kappa shape index (κ2) is 5.23. The third kappa shape index (κ3) is 1.88. The number of rotatable bonds is 1. The number of alkyl halides is 3. The lowest BCUT2D eigenvalue weighted by atomic mass is 9.82. The summed E-state index contributed by atoms with van der Waals surface area (Å²) < 4.78 is 57.0. The molecular formula is C16H9F4N3O. The topological polar surface area (TPSA) is 36.4 Å². The number of hydrogen-bond acceptors (Lipinski definition) is 2. The van der Waals surface area contributed by atoms with Crippen LogP contribution in [-0.4, -0.2) is 22.3 Å². The van der Waals surface area contributed by atoms with Crippen LogP contribution in [-0.2, 0) is 5.54 Å². The molecule has 1 unspecified atom stereocenters. The number of fused-ring (bicyclic) bond motifs is 1. The molecule has 2 heterocycles. The van der Waals surface area contributed by atoms with Gasteiger partial charge < -0.3 is 0 Å². The van der Waals surface area contributed by atoms with Gasteiger partial charge in [-0.1, -0.05) is 35.2 Å². The van der Waals surface area contributed by atoms with E-state index in [1.165, 1.54) is 30.3 Å². The molecule has 2 aromatic rings. The number of aromatic nitrogens is 1. The lowest BCUT2D eigenvalue weighted by Gasteiger charge is -2.44. The SMILES string of the molecule is C#CN1C(=O)N(F)C(c2ccccn2)(C(F)(F)F)c2ccccc21. The minimum Gasteiger partial charge on any atom is -0.258 e. The first-order valence-electron chi connectivity index (χ1n) is 6.69. The van der Waals surface area contributed by atoms with Gasteiger partial charge in [0.15, 0.2) is 0 Å². The summed E-state index contributed by atoms with van der Waals surface area (Å²) >= 11 is 0. The molecule has 122 valence electrons. The standard InChI is InChI=1S/C16H9F4N3O/c1-2-22-12-8-4-3-7-11(12)15(16(17,18)19,23(20)14(22)24)13-9-5-6-10-21-13/h1,3-10H. The highest BCUT2D eigenvalue weighted by Crippen LogP contribution is 2.53. The number of urea groups is 1. The fourth-order valence-electron chi connectivity index (χ4n) is 2.76. The summed E-state index contributed by atoms with van der Waals surface area (Å²) in [6.45, 7) is 0. The van der Waals surface area contributed by atoms with Crippen molar-refractivity contribution < 1.29 is 22.4 Å². The Hall–Kier alpha value is -3.08. The lowest BCUT2D eigenvalue weighted by molar-refractivity contribution is -0.246. The van der Waals surface area contributed by atoms with Crippen LogP contribution in [0, 0.1) is 12.5 Å². The van der Waals surface area contributed by atoms with Crippen LogP contribution in [0.1, 0.15) is 11.3 Å². The number of anilines is 1. The zero-order chi connectivity index (χ0) is 17.5. The van der Waals surface area contributed by atoms with Crippen molar-refractivity contribution in [3.8, 4) is 12.5 Å². The van der Waals surface area contributed by atoms with Gasteiger partial charge in [0.25, 0.3) is 0 Å². The normalized spacial score (nSPS) is 20.5. The Morgan fingerprint density at radius 1 is 1.12 bits per heavy atom. The molecule has 0 fully saturated rings. The Bertz CT molecular complexity index is 831. The maximum Gasteiger partial charge on any atom is 0.424 e. The van der Waals surface area contributed by atoms with Crippen LogP contribution in [0.2, 0.25) is 0 Å². The van der Waals surface area contributed by atoms with Gasteiger partial charge in [0.2, 0.25) is 5.54 Å². The Labute approximate surface area is 134 Å². The average molecular weight is 335 g/mol. The second-order valence-corrected chi connectivity index (χ2v) is 4.97. The molecule has 0 spiro atoms. The summed E-state index contributed by atoms with van der Waals surface area (Å²) in [5.41, 5.74) is -4.79. The number of halogens is 4. The van der Waals surface area contributed by atoms with E-state index in [-0.39, 0.29) is 5.69 Å². The average Bonchev–Trinajstić information content (AvgIpc) is 2.56. The van der Waals surface area contributed by atoms with Crippen LogP contribution in [0.3, 0.4) is 0 Å². The van der Waals surface area contributed by atoms with Crippen molar-refractivity contribution in [2.75, 3.05) is 4.90 Å². The number of para-hydroxylation sites is 1. The van der Waals surface area contributed by atoms with Crippen LogP contribution in [0.15, 0.2) is 48.7 Å². The Morgan fingerprint density at radius 2 is 1.79 bits per heavy atom. The number of hydrogen-bond donors (Lipinski definition) is 0. The van der Waals surface area contributed by atoms with Crippen LogP contribution in [0.5, 0.6) is 0 Å². The maximum atomic E-state index is 14.8. The van der Waals surface area contributed by atoms with Gasteiger partial charge in [-0.25, -0.2) is 9.69 Å². The number of pyridine rings is 1. The van der Waals surface area contributed by atoms with E-state index in [0.29, 0.717) is 4.90 Å². The Kier molecular flexibility index (Phi) is 3.44. The van der Waals surface area contributed by atoms with Gasteiger partial charge >= 0.3 is 12.2 Å². The summed E-state index contributed by atoms with van der Waals surface area (Å²) in [4.78, 5) is 16.3. The summed E-state index contributed by atoms with van der Waals surface area (Å²) in [5, 5.41) is -0.905. The molecule has 1 atom stereocenters. The Morgan fingerprint density at radius 3 is 2.38 bits per heavy atom. The molecule has 8 heteroatoms. The summed E-state index contributed by atoms with van der Waals surface area (Å²) in [6, 6.07) is 8.97. The van der Waals surface area contributed by atoms with Gasteiger partial charge in [-0.15, -0.1) is 5.12 Å². The minimum absolute atomic E-state index is 0.220. The van der Waals surface area contributed by atoms with E-state index < -0.39 is 34.1 Å². The first kappa shape index (κ1) is 15.8. The first-order valence-corrected chi connectivity index (χ1v) is 6.69. The molecule has 0 bridgehead atoms. The summed E-state index contributed by atoms with van der Waals surface area (Å²) in [6.07, 6.45) is 1.09. The summed E-state index contributed by atoms with van der Waals surface area (Å²) in [5.74, 6) is 0. The molecule has 2 amide bonds. The van der Waals surface area contributed by atoms with E-state index >= 15 is 0 Å². The smallest absolute Gasteiger partial charge is 0.258 e. The van der Waals surface area contributed by atoms with Crippen LogP contribution in [0.25, 0.3) is 0 Å². The van der Waals surface area contributed by atoms with E-state index in [9.17, 15) is 22.4 Å². The number of benzene rings is 1. The van der Waals surface area contributed by atoms with Gasteiger partial charge in [0, 0.05) is 17.8 Å². The van der Waals surface area contributed by atoms with E-state index in [0.717, 1.165) is 18.3 Å². The van der Waals surface area contributed by atoms with Gasteiger partial charge in [-0.05, 0) is 18.2 Å². The number of amides is 2. The van der Waals surface area contributed by atoms with Gasteiger partial charge in [-0.2, -0.15) is 13.2 Å². The molecule has 0 radical (unpaired) electrons. The maximum absolute atomic E-state index is 14.8. The second-order valence-electron chi connectivity index (χ2n) is 4.97. The van der Waals surface area contributed by atoms with Crippen molar-refractivity contribution in [1.29, 1.82) is 0 Å². The molecular weight excluding hydrogens is 326 g/mol. The fraction of sp³-hybridized carbons (Fsp3) is 0.125. The van der Waals surface area contributed by atoms with E-state index in [2.05, 4.69) is 4.98 Å². The van der Waals surface area contributed by atoms with Crippen molar-refractivity contribution in [3.63, 3.8) is 0 Å². The third-order valence-corrected chi connectivity index (χ3v) is 3.76. The van der Waals surface area contributed by atoms with Crippen molar-refractivity contribution in [3.05, 3.63) is 59.9 Å². The molecule has 1 aromatic carbocycles. The zero-order valence-corrected chi connectivity index (χ0v) is 12.0. The predicted molar refractivity (Wildman–Crippen MR) is 77.2 cm³/mol. The predicted octanol–water partition coefficient (Wildman–Crippen LogP) is 3.60. The highest BCUT2D eigenvalue weighted by Gasteiger charge is 2.68. The molecule has 0 saturated heterocycles. The van der Waals surface area contributed by atoms with Crippen molar-refractivity contribution in [1.82, 2.24) is 10.1 Å². The third-order valence-electron chi connectivity index (χ3n) is 3.76. The molecule has 0 saturated carbocycles. The van der Waals surface area contributed by atoms with E-state index in [1.54, 1.807) is 0 Å². The molecule has 0 N–H and O–H groups in total. The zero-order valence-electron chi connectivity index (χ0n) is 12.0. The molecule has 24 heavy (non-hydrogen) atoms. The van der Waals surface area contributed by atoms with E-state index in [4.69, 9.17) is 6.42 Å². The Balaban J connectivity index is 2.45. The number of carbonyl (C=O) groups excluding carboxylic acids is 1. The lowest BCUT2D eigenvalue weighted by Crippen LogP contribution is -2.61. The van der Waals surface area contributed by atoms with Crippen LogP contribution >= 0.6 is 0 Å². The van der Waals surface area contributed by atoms with Crippen LogP contribution in [0.4, 0.5) is 28.1 Å². The van der Waals surface area contributed by atoms with Gasteiger partial charge in [0.1, 0.15) is 0 Å². The van der Waals surface area contributed by atoms with Crippen LogP contribution < -0.4 is 4.90 Å². The molecule has 1 aliphatic heterocycles. The van der Waals surface area contributed by atoms with Gasteiger partial charge in [0.05, 0.1) is 11.4 Å². The van der Waals surface area contributed by atoms with Crippen molar-refractivity contribution in [2.24, 2.45) is 0 Å². The van der Waals surface area contributed by atoms with E-state index in [1.807, 2.05) is 6.04 Å². The number of terminal acetylenes is 1. The largest absolute Gasteiger partial charge is 0.424 e. The highest BCUT2D eigenvalue weighted by atomic mass is 19.4. The molecule has 4 nitrogen and oxygen atoms in total. The van der Waals surface area contributed by atoms with Crippen molar-refractivity contribution >= 4 is 11.7 Å². The molecule has 3 rings (SSSR count). The van der Waals surface area contributed by atoms with Gasteiger partial charge in [-0.3, -0.25) is 4.98 Å². The monoisotopic (exact) mass is 335 g/mol. The quantitative estimate of drug-likeness (QED) is 0.453. The fourth-order valence-corrected chi connectivity index (χ4v) is 2.76. The molecule has 1 aromatic heterocycles. The number of carbonyl (C=O) groups is 1. The highest BCUT2D eigenvalue weighted by molar-refractivity contribution is 5.99. The molecule has 0 aliphatic carbocycles. The number of nitrogens with zero attached hydrogens (tertiary/aromatic N) is 3. The van der Waals surface area contributed by atoms with Crippen molar-refractivity contribution in [2.45, 2.75) is 11.7 Å². The minimum atomic E-state index is -5.18.